The molecule has 1 unspecified atom stereocenters. The van der Waals surface area contributed by atoms with Crippen LogP contribution in [-0.2, 0) is 9.53 Å². The highest BCUT2D eigenvalue weighted by Gasteiger charge is 2.31. The van der Waals surface area contributed by atoms with Gasteiger partial charge in [-0.25, -0.2) is 0 Å². The van der Waals surface area contributed by atoms with Crippen LogP contribution in [0.25, 0.3) is 0 Å². The van der Waals surface area contributed by atoms with Crippen molar-refractivity contribution in [1.82, 2.24) is 0 Å². The first-order chi connectivity index (χ1) is 6.57. The number of carbonyl (C=O) groups is 1. The molecule has 2 N–H and O–H groups in total. The van der Waals surface area contributed by atoms with Gasteiger partial charge in [-0.1, -0.05) is 26.2 Å². The molecule has 1 saturated carbocycles. The molecule has 0 heterocycles. The average molecular weight is 199 g/mol. The minimum absolute atomic E-state index is 0.0666. The standard InChI is InChI=1S/C11H21NO2/c1-9(10(13)14-2)8-11(12)6-4-3-5-7-11/h9H,3-8,12H2,1-2H3. The molecule has 1 atom stereocenters. The van der Waals surface area contributed by atoms with Gasteiger partial charge in [0.15, 0.2) is 0 Å². The molecule has 0 bridgehead atoms. The number of hydrogen-bond donors (Lipinski definition) is 1. The van der Waals surface area contributed by atoms with E-state index in [-0.39, 0.29) is 17.4 Å². The molecule has 0 aromatic carbocycles. The molecule has 0 amide bonds. The number of esters is 1. The van der Waals surface area contributed by atoms with Crippen molar-refractivity contribution < 1.29 is 9.53 Å². The number of methoxy groups -OCH3 is 1. The maximum Gasteiger partial charge on any atom is 0.308 e. The molecule has 1 rings (SSSR count). The van der Waals surface area contributed by atoms with Crippen LogP contribution in [0.5, 0.6) is 0 Å². The molecule has 0 radical (unpaired) electrons. The largest absolute Gasteiger partial charge is 0.469 e. The maximum atomic E-state index is 11.2. The van der Waals surface area contributed by atoms with Crippen LogP contribution in [0.2, 0.25) is 0 Å². The second-order valence-electron chi connectivity index (χ2n) is 4.55. The Morgan fingerprint density at radius 1 is 1.43 bits per heavy atom. The van der Waals surface area contributed by atoms with Gasteiger partial charge in [0.05, 0.1) is 13.0 Å². The van der Waals surface area contributed by atoms with Crippen molar-refractivity contribution in [3.63, 3.8) is 0 Å². The molecule has 14 heavy (non-hydrogen) atoms. The third-order valence-electron chi connectivity index (χ3n) is 3.17. The number of carbonyl (C=O) groups excluding carboxylic acids is 1. The van der Waals surface area contributed by atoms with Gasteiger partial charge in [0.25, 0.3) is 0 Å². The summed E-state index contributed by atoms with van der Waals surface area (Å²) in [6, 6.07) is 0. The lowest BCUT2D eigenvalue weighted by molar-refractivity contribution is -0.145. The minimum Gasteiger partial charge on any atom is -0.469 e. The van der Waals surface area contributed by atoms with Crippen molar-refractivity contribution >= 4 is 5.97 Å². The molecule has 1 aliphatic carbocycles. The highest BCUT2D eigenvalue weighted by atomic mass is 16.5. The van der Waals surface area contributed by atoms with Crippen LogP contribution in [-0.4, -0.2) is 18.6 Å². The molecule has 0 aromatic heterocycles. The molecule has 0 saturated heterocycles. The fraction of sp³-hybridized carbons (Fsp3) is 0.909. The van der Waals surface area contributed by atoms with Crippen LogP contribution in [0.4, 0.5) is 0 Å². The molecular formula is C11H21NO2. The van der Waals surface area contributed by atoms with Gasteiger partial charge < -0.3 is 10.5 Å². The molecule has 0 spiro atoms. The van der Waals surface area contributed by atoms with Gasteiger partial charge in [-0.15, -0.1) is 0 Å². The topological polar surface area (TPSA) is 52.3 Å². The van der Waals surface area contributed by atoms with Crippen LogP contribution < -0.4 is 5.73 Å². The van der Waals surface area contributed by atoms with Crippen LogP contribution in [0, 0.1) is 5.92 Å². The Morgan fingerprint density at radius 2 is 2.00 bits per heavy atom. The lowest BCUT2D eigenvalue weighted by atomic mass is 9.77. The summed E-state index contributed by atoms with van der Waals surface area (Å²) in [6.45, 7) is 1.90. The highest BCUT2D eigenvalue weighted by molar-refractivity contribution is 5.71. The van der Waals surface area contributed by atoms with Gasteiger partial charge in [-0.2, -0.15) is 0 Å². The first kappa shape index (κ1) is 11.5. The first-order valence-electron chi connectivity index (χ1n) is 5.44. The van der Waals surface area contributed by atoms with Gasteiger partial charge in [0, 0.05) is 5.54 Å². The van der Waals surface area contributed by atoms with Crippen molar-refractivity contribution in [2.45, 2.75) is 51.0 Å². The van der Waals surface area contributed by atoms with Gasteiger partial charge >= 0.3 is 5.97 Å². The third-order valence-corrected chi connectivity index (χ3v) is 3.17. The van der Waals surface area contributed by atoms with E-state index in [4.69, 9.17) is 10.5 Å². The summed E-state index contributed by atoms with van der Waals surface area (Å²) in [5, 5.41) is 0. The van der Waals surface area contributed by atoms with Gasteiger partial charge in [-0.05, 0) is 19.3 Å². The summed E-state index contributed by atoms with van der Waals surface area (Å²) < 4.78 is 4.70. The van der Waals surface area contributed by atoms with E-state index in [2.05, 4.69) is 0 Å². The lowest BCUT2D eigenvalue weighted by Crippen LogP contribution is -2.44. The molecule has 1 fully saturated rings. The average Bonchev–Trinajstić information content (AvgIpc) is 2.17. The smallest absolute Gasteiger partial charge is 0.308 e. The second-order valence-corrected chi connectivity index (χ2v) is 4.55. The number of rotatable bonds is 3. The minimum atomic E-state index is -0.139. The Bertz CT molecular complexity index is 197. The Balaban J connectivity index is 2.44. The first-order valence-corrected chi connectivity index (χ1v) is 5.44. The van der Waals surface area contributed by atoms with E-state index >= 15 is 0 Å². The molecule has 1 aliphatic rings. The van der Waals surface area contributed by atoms with Crippen molar-refractivity contribution in [2.24, 2.45) is 11.7 Å². The zero-order valence-electron chi connectivity index (χ0n) is 9.21. The van der Waals surface area contributed by atoms with Crippen molar-refractivity contribution in [1.29, 1.82) is 0 Å². The van der Waals surface area contributed by atoms with Crippen molar-refractivity contribution in [3.8, 4) is 0 Å². The Hall–Kier alpha value is -0.570. The maximum absolute atomic E-state index is 11.2. The Morgan fingerprint density at radius 3 is 2.50 bits per heavy atom. The molecule has 3 nitrogen and oxygen atoms in total. The highest BCUT2D eigenvalue weighted by Crippen LogP contribution is 2.31. The van der Waals surface area contributed by atoms with Gasteiger partial charge in [0.2, 0.25) is 0 Å². The zero-order chi connectivity index (χ0) is 10.6. The Kier molecular flexibility index (Phi) is 3.93. The van der Waals surface area contributed by atoms with E-state index in [9.17, 15) is 4.79 Å². The summed E-state index contributed by atoms with van der Waals surface area (Å²) in [4.78, 5) is 11.2. The summed E-state index contributed by atoms with van der Waals surface area (Å²) in [5.41, 5.74) is 6.13. The molecule has 0 aliphatic heterocycles. The van der Waals surface area contributed by atoms with Gasteiger partial charge in [0.1, 0.15) is 0 Å². The fourth-order valence-electron chi connectivity index (χ4n) is 2.35. The summed E-state index contributed by atoms with van der Waals surface area (Å²) in [5.74, 6) is -0.205. The lowest BCUT2D eigenvalue weighted by Gasteiger charge is -2.34. The van der Waals surface area contributed by atoms with E-state index in [1.807, 2.05) is 6.92 Å². The summed E-state index contributed by atoms with van der Waals surface area (Å²) in [6.07, 6.45) is 6.54. The number of hydrogen-bond acceptors (Lipinski definition) is 3. The SMILES string of the molecule is COC(=O)C(C)CC1(N)CCCCC1. The van der Waals surface area contributed by atoms with Crippen LogP contribution in [0.1, 0.15) is 45.4 Å². The van der Waals surface area contributed by atoms with Crippen molar-refractivity contribution in [2.75, 3.05) is 7.11 Å². The number of ether oxygens (including phenoxy) is 1. The van der Waals surface area contributed by atoms with Crippen LogP contribution in [0.3, 0.4) is 0 Å². The Labute approximate surface area is 86.0 Å². The van der Waals surface area contributed by atoms with E-state index in [1.165, 1.54) is 26.4 Å². The van der Waals surface area contributed by atoms with Crippen LogP contribution in [0.15, 0.2) is 0 Å². The van der Waals surface area contributed by atoms with E-state index in [1.54, 1.807) is 0 Å². The monoisotopic (exact) mass is 199 g/mol. The van der Waals surface area contributed by atoms with E-state index < -0.39 is 0 Å². The quantitative estimate of drug-likeness (QED) is 0.706. The molecule has 82 valence electrons. The summed E-state index contributed by atoms with van der Waals surface area (Å²) >= 11 is 0. The normalized spacial score (nSPS) is 22.8. The van der Waals surface area contributed by atoms with Crippen molar-refractivity contribution in [3.05, 3.63) is 0 Å². The summed E-state index contributed by atoms with van der Waals surface area (Å²) in [7, 11) is 1.43. The van der Waals surface area contributed by atoms with E-state index in [0.717, 1.165) is 19.3 Å². The van der Waals surface area contributed by atoms with E-state index in [0.29, 0.717) is 0 Å². The molecule has 3 heteroatoms. The van der Waals surface area contributed by atoms with Crippen LogP contribution >= 0.6 is 0 Å². The second kappa shape index (κ2) is 4.78. The third kappa shape index (κ3) is 2.98. The molecular weight excluding hydrogens is 178 g/mol. The zero-order valence-corrected chi connectivity index (χ0v) is 9.21. The predicted molar refractivity (Wildman–Crippen MR) is 55.8 cm³/mol. The molecule has 0 aromatic rings. The van der Waals surface area contributed by atoms with Gasteiger partial charge in [-0.3, -0.25) is 4.79 Å². The predicted octanol–water partition coefficient (Wildman–Crippen LogP) is 1.85. The fourth-order valence-corrected chi connectivity index (χ4v) is 2.35. The number of nitrogens with two attached hydrogens (primary N) is 1.